The van der Waals surface area contributed by atoms with E-state index in [1.54, 1.807) is 0 Å². The smallest absolute Gasteiger partial charge is 0.318 e. The molecule has 0 unspecified atom stereocenters. The number of amides is 3. The lowest BCUT2D eigenvalue weighted by Gasteiger charge is -2.34. The average molecular weight is 382 g/mol. The summed E-state index contributed by atoms with van der Waals surface area (Å²) >= 11 is 0. The van der Waals surface area contributed by atoms with Crippen LogP contribution in [0.1, 0.15) is 23.1 Å². The number of sulfonamides is 1. The fraction of sp³-hybridized carbons (Fsp3) is 0.529. The number of primary amides is 1. The average Bonchev–Trinajstić information content (AvgIpc) is 2.51. The Labute approximate surface area is 154 Å². The van der Waals surface area contributed by atoms with Gasteiger partial charge in [0.25, 0.3) is 0 Å². The maximum atomic E-state index is 13.0. The van der Waals surface area contributed by atoms with Gasteiger partial charge in [-0.2, -0.15) is 4.31 Å². The predicted octanol–water partition coefficient (Wildman–Crippen LogP) is 0.503. The van der Waals surface area contributed by atoms with Crippen LogP contribution >= 0.6 is 0 Å². The Bertz CT molecular complexity index is 776. The van der Waals surface area contributed by atoms with Crippen LogP contribution < -0.4 is 11.1 Å². The molecule has 0 saturated carbocycles. The summed E-state index contributed by atoms with van der Waals surface area (Å²) in [6, 6.07) is 2.90. The van der Waals surface area contributed by atoms with Crippen LogP contribution in [0, 0.1) is 20.8 Å². The monoisotopic (exact) mass is 382 g/mol. The Hall–Kier alpha value is -1.97. The summed E-state index contributed by atoms with van der Waals surface area (Å²) in [5.41, 5.74) is 7.45. The van der Waals surface area contributed by atoms with Crippen molar-refractivity contribution in [3.8, 4) is 0 Å². The molecule has 0 spiro atoms. The molecule has 0 aliphatic carbocycles. The van der Waals surface area contributed by atoms with E-state index in [1.165, 1.54) is 4.31 Å². The Morgan fingerprint density at radius 1 is 1.08 bits per heavy atom. The summed E-state index contributed by atoms with van der Waals surface area (Å²) in [4.78, 5) is 24.5. The van der Waals surface area contributed by atoms with Gasteiger partial charge in [0.05, 0.1) is 4.90 Å². The van der Waals surface area contributed by atoms with Crippen molar-refractivity contribution in [1.29, 1.82) is 0 Å². The molecule has 0 aromatic heterocycles. The second kappa shape index (κ2) is 8.15. The van der Waals surface area contributed by atoms with E-state index in [-0.39, 0.29) is 6.42 Å². The van der Waals surface area contributed by atoms with E-state index in [0.29, 0.717) is 37.6 Å². The quantitative estimate of drug-likeness (QED) is 0.770. The highest BCUT2D eigenvalue weighted by atomic mass is 32.2. The molecule has 0 bridgehead atoms. The molecule has 1 aliphatic heterocycles. The van der Waals surface area contributed by atoms with E-state index >= 15 is 0 Å². The van der Waals surface area contributed by atoms with Crippen molar-refractivity contribution in [2.75, 3.05) is 32.7 Å². The van der Waals surface area contributed by atoms with E-state index in [1.807, 2.05) is 43.1 Å². The molecule has 0 atom stereocenters. The lowest BCUT2D eigenvalue weighted by molar-refractivity contribution is -0.120. The first-order chi connectivity index (χ1) is 12.1. The summed E-state index contributed by atoms with van der Waals surface area (Å²) in [5.74, 6) is -0.432. The molecule has 144 valence electrons. The zero-order chi connectivity index (χ0) is 19.5. The zero-order valence-electron chi connectivity index (χ0n) is 15.4. The molecule has 9 heteroatoms. The SMILES string of the molecule is Cc1cc(C)c(S(=O)(=O)N2CCN(CCC(=O)NC(N)=O)CC2)c(C)c1. The lowest BCUT2D eigenvalue weighted by Crippen LogP contribution is -2.49. The molecule has 1 heterocycles. The van der Waals surface area contributed by atoms with Crippen LogP contribution in [-0.2, 0) is 14.8 Å². The summed E-state index contributed by atoms with van der Waals surface area (Å²) in [7, 11) is -3.54. The van der Waals surface area contributed by atoms with Gasteiger partial charge in [-0.3, -0.25) is 10.1 Å². The molecule has 3 N–H and O–H groups in total. The van der Waals surface area contributed by atoms with E-state index in [0.717, 1.165) is 16.7 Å². The van der Waals surface area contributed by atoms with Crippen LogP contribution in [0.25, 0.3) is 0 Å². The second-order valence-corrected chi connectivity index (χ2v) is 8.51. The van der Waals surface area contributed by atoms with Gasteiger partial charge >= 0.3 is 6.03 Å². The fourth-order valence-corrected chi connectivity index (χ4v) is 5.19. The van der Waals surface area contributed by atoms with E-state index in [2.05, 4.69) is 0 Å². The van der Waals surface area contributed by atoms with Crippen molar-refractivity contribution in [2.45, 2.75) is 32.1 Å². The number of piperazine rings is 1. The molecule has 1 aromatic rings. The summed E-state index contributed by atoms with van der Waals surface area (Å²) < 4.78 is 27.5. The lowest BCUT2D eigenvalue weighted by atomic mass is 10.1. The number of rotatable bonds is 5. The molecule has 0 radical (unpaired) electrons. The molecule has 26 heavy (non-hydrogen) atoms. The van der Waals surface area contributed by atoms with Crippen LogP contribution in [0.5, 0.6) is 0 Å². The minimum absolute atomic E-state index is 0.145. The van der Waals surface area contributed by atoms with Crippen LogP contribution in [0.3, 0.4) is 0 Å². The number of nitrogens with one attached hydrogen (secondary N) is 1. The highest BCUT2D eigenvalue weighted by Crippen LogP contribution is 2.26. The van der Waals surface area contributed by atoms with Gasteiger partial charge in [0, 0.05) is 39.1 Å². The van der Waals surface area contributed by atoms with E-state index < -0.39 is 22.0 Å². The van der Waals surface area contributed by atoms with Crippen molar-refractivity contribution >= 4 is 22.0 Å². The highest BCUT2D eigenvalue weighted by Gasteiger charge is 2.30. The maximum Gasteiger partial charge on any atom is 0.318 e. The number of hydrogen-bond acceptors (Lipinski definition) is 5. The van der Waals surface area contributed by atoms with Crippen molar-refractivity contribution in [2.24, 2.45) is 5.73 Å². The van der Waals surface area contributed by atoms with Gasteiger partial charge in [-0.1, -0.05) is 17.7 Å². The molecule has 2 rings (SSSR count). The number of hydrogen-bond donors (Lipinski definition) is 2. The molecular formula is C17H26N4O4S. The van der Waals surface area contributed by atoms with Crippen LogP contribution in [0.2, 0.25) is 0 Å². The standard InChI is InChI=1S/C17H26N4O4S/c1-12-10-13(2)16(14(3)11-12)26(24,25)21-8-6-20(7-9-21)5-4-15(22)19-17(18)23/h10-11H,4-9H2,1-3H3,(H3,18,19,22,23). The van der Waals surface area contributed by atoms with Crippen molar-refractivity contribution in [1.82, 2.24) is 14.5 Å². The molecule has 3 amide bonds. The van der Waals surface area contributed by atoms with Gasteiger partial charge in [0.2, 0.25) is 15.9 Å². The Kier molecular flexibility index (Phi) is 6.38. The third kappa shape index (κ3) is 4.80. The molecule has 1 aliphatic rings. The largest absolute Gasteiger partial charge is 0.351 e. The summed E-state index contributed by atoms with van der Waals surface area (Å²) in [6.07, 6.45) is 0.145. The number of carbonyl (C=O) groups is 2. The van der Waals surface area contributed by atoms with E-state index in [9.17, 15) is 18.0 Å². The number of aryl methyl sites for hydroxylation is 3. The van der Waals surface area contributed by atoms with Crippen LogP contribution in [-0.4, -0.2) is 62.3 Å². The summed E-state index contributed by atoms with van der Waals surface area (Å²) in [6.45, 7) is 7.85. The molecule has 1 saturated heterocycles. The molecule has 8 nitrogen and oxygen atoms in total. The first kappa shape index (κ1) is 20.3. The fourth-order valence-electron chi connectivity index (χ4n) is 3.36. The number of carbonyl (C=O) groups excluding carboxylic acids is 2. The second-order valence-electron chi connectivity index (χ2n) is 6.64. The maximum absolute atomic E-state index is 13.0. The minimum atomic E-state index is -3.54. The predicted molar refractivity (Wildman–Crippen MR) is 98.2 cm³/mol. The Balaban J connectivity index is 1.99. The zero-order valence-corrected chi connectivity index (χ0v) is 16.2. The van der Waals surface area contributed by atoms with Gasteiger partial charge in [0.1, 0.15) is 0 Å². The number of nitrogens with zero attached hydrogens (tertiary/aromatic N) is 2. The first-order valence-electron chi connectivity index (χ1n) is 8.51. The number of urea groups is 1. The van der Waals surface area contributed by atoms with Crippen LogP contribution in [0.15, 0.2) is 17.0 Å². The van der Waals surface area contributed by atoms with Gasteiger partial charge < -0.3 is 10.6 Å². The third-order valence-corrected chi connectivity index (χ3v) is 6.66. The normalized spacial score (nSPS) is 16.4. The van der Waals surface area contributed by atoms with Crippen LogP contribution in [0.4, 0.5) is 4.79 Å². The van der Waals surface area contributed by atoms with Gasteiger partial charge in [0.15, 0.2) is 0 Å². The minimum Gasteiger partial charge on any atom is -0.351 e. The van der Waals surface area contributed by atoms with E-state index in [4.69, 9.17) is 5.73 Å². The molecular weight excluding hydrogens is 356 g/mol. The topological polar surface area (TPSA) is 113 Å². The summed E-state index contributed by atoms with van der Waals surface area (Å²) in [5, 5.41) is 2.02. The van der Waals surface area contributed by atoms with Crippen molar-refractivity contribution < 1.29 is 18.0 Å². The number of benzene rings is 1. The Morgan fingerprint density at radius 3 is 2.12 bits per heavy atom. The van der Waals surface area contributed by atoms with Crippen molar-refractivity contribution in [3.63, 3.8) is 0 Å². The Morgan fingerprint density at radius 2 is 1.62 bits per heavy atom. The number of imide groups is 1. The molecule has 1 fully saturated rings. The van der Waals surface area contributed by atoms with Crippen molar-refractivity contribution in [3.05, 3.63) is 28.8 Å². The first-order valence-corrected chi connectivity index (χ1v) is 9.95. The number of nitrogens with two attached hydrogens (primary N) is 1. The van der Waals surface area contributed by atoms with Gasteiger partial charge in [-0.05, 0) is 31.9 Å². The third-order valence-electron chi connectivity index (χ3n) is 4.45. The van der Waals surface area contributed by atoms with Gasteiger partial charge in [-0.25, -0.2) is 13.2 Å². The van der Waals surface area contributed by atoms with Gasteiger partial charge in [-0.15, -0.1) is 0 Å². The highest BCUT2D eigenvalue weighted by molar-refractivity contribution is 7.89. The molecule has 1 aromatic carbocycles.